The Kier molecular flexibility index (Phi) is 4.17. The largest absolute Gasteiger partial charge is 0.294 e. The van der Waals surface area contributed by atoms with Crippen molar-refractivity contribution in [3.05, 3.63) is 92.1 Å². The highest BCUT2D eigenvalue weighted by Crippen LogP contribution is 2.19. The Balaban J connectivity index is 1.74. The number of halogens is 1. The number of nitro groups is 1. The molecule has 2 heterocycles. The fraction of sp³-hybridized carbons (Fsp3) is 0.0556. The third kappa shape index (κ3) is 3.06. The van der Waals surface area contributed by atoms with Crippen molar-refractivity contribution < 1.29 is 4.92 Å². The molecule has 0 saturated carbocycles. The molecule has 0 bridgehead atoms. The minimum absolute atomic E-state index is 0.0229. The van der Waals surface area contributed by atoms with E-state index in [0.717, 1.165) is 5.56 Å². The van der Waals surface area contributed by atoms with E-state index in [2.05, 4.69) is 10.1 Å². The maximum absolute atomic E-state index is 12.8. The lowest BCUT2D eigenvalue weighted by Crippen LogP contribution is -2.21. The molecule has 134 valence electrons. The Morgan fingerprint density at radius 2 is 1.85 bits per heavy atom. The minimum Gasteiger partial charge on any atom is -0.294 e. The number of fused-ring (bicyclic) bond motifs is 1. The molecule has 2 aromatic carbocycles. The third-order valence-electron chi connectivity index (χ3n) is 4.16. The summed E-state index contributed by atoms with van der Waals surface area (Å²) in [6.45, 7) is 0.296. The van der Waals surface area contributed by atoms with Crippen LogP contribution >= 0.6 is 11.6 Å². The van der Waals surface area contributed by atoms with Gasteiger partial charge in [-0.2, -0.15) is 5.10 Å². The average Bonchev–Trinajstić information content (AvgIpc) is 3.10. The van der Waals surface area contributed by atoms with Gasteiger partial charge in [0.1, 0.15) is 11.7 Å². The van der Waals surface area contributed by atoms with Crippen molar-refractivity contribution in [1.29, 1.82) is 0 Å². The first-order valence-corrected chi connectivity index (χ1v) is 8.34. The Labute approximate surface area is 157 Å². The molecule has 27 heavy (non-hydrogen) atoms. The monoisotopic (exact) mass is 381 g/mol. The van der Waals surface area contributed by atoms with E-state index >= 15 is 0 Å². The molecule has 2 aromatic heterocycles. The fourth-order valence-electron chi connectivity index (χ4n) is 2.78. The number of nitro benzene ring substituents is 1. The molecular weight excluding hydrogens is 370 g/mol. The summed E-state index contributed by atoms with van der Waals surface area (Å²) in [6.07, 6.45) is 2.88. The summed E-state index contributed by atoms with van der Waals surface area (Å²) < 4.78 is 2.94. The standard InChI is InChI=1S/C18H12ClN5O3/c19-16-4-2-1-3-12(16)10-22-11-20-17-15(18(22)25)9-21-23(17)13-5-7-14(8-6-13)24(26)27/h1-9,11H,10H2. The predicted octanol–water partition coefficient (Wildman–Crippen LogP) is 3.19. The summed E-state index contributed by atoms with van der Waals surface area (Å²) in [5, 5.41) is 15.9. The Hall–Kier alpha value is -3.52. The molecule has 0 spiro atoms. The van der Waals surface area contributed by atoms with Crippen molar-refractivity contribution in [2.24, 2.45) is 0 Å². The van der Waals surface area contributed by atoms with E-state index < -0.39 is 4.92 Å². The second-order valence-electron chi connectivity index (χ2n) is 5.84. The normalized spacial score (nSPS) is 11.0. The SMILES string of the molecule is O=c1c2cnn(-c3ccc([N+](=O)[O-])cc3)c2ncn1Cc1ccccc1Cl. The molecular formula is C18H12ClN5O3. The van der Waals surface area contributed by atoms with E-state index in [9.17, 15) is 14.9 Å². The summed E-state index contributed by atoms with van der Waals surface area (Å²) in [4.78, 5) is 27.4. The van der Waals surface area contributed by atoms with Gasteiger partial charge >= 0.3 is 0 Å². The summed E-state index contributed by atoms with van der Waals surface area (Å²) in [7, 11) is 0. The molecule has 0 atom stereocenters. The number of aromatic nitrogens is 4. The maximum atomic E-state index is 12.8. The first-order chi connectivity index (χ1) is 13.0. The lowest BCUT2D eigenvalue weighted by atomic mass is 10.2. The number of benzene rings is 2. The second kappa shape index (κ2) is 6.65. The molecule has 0 aliphatic carbocycles. The van der Waals surface area contributed by atoms with Crippen molar-refractivity contribution in [3.63, 3.8) is 0 Å². The van der Waals surface area contributed by atoms with Crippen molar-refractivity contribution in [3.8, 4) is 5.69 Å². The lowest BCUT2D eigenvalue weighted by Gasteiger charge is -2.08. The van der Waals surface area contributed by atoms with Crippen LogP contribution in [0, 0.1) is 10.1 Å². The second-order valence-corrected chi connectivity index (χ2v) is 6.24. The smallest absolute Gasteiger partial charge is 0.269 e. The van der Waals surface area contributed by atoms with Gasteiger partial charge in [-0.25, -0.2) is 9.67 Å². The van der Waals surface area contributed by atoms with Gasteiger partial charge < -0.3 is 0 Å². The highest BCUT2D eigenvalue weighted by molar-refractivity contribution is 6.31. The van der Waals surface area contributed by atoms with Crippen molar-refractivity contribution in [1.82, 2.24) is 19.3 Å². The van der Waals surface area contributed by atoms with E-state index in [-0.39, 0.29) is 11.2 Å². The van der Waals surface area contributed by atoms with Gasteiger partial charge in [-0.15, -0.1) is 0 Å². The molecule has 0 aliphatic heterocycles. The zero-order chi connectivity index (χ0) is 19.0. The number of hydrogen-bond acceptors (Lipinski definition) is 5. The summed E-state index contributed by atoms with van der Waals surface area (Å²) in [6, 6.07) is 13.2. The molecule has 0 N–H and O–H groups in total. The molecule has 9 heteroatoms. The van der Waals surface area contributed by atoms with Crippen LogP contribution in [0.4, 0.5) is 5.69 Å². The van der Waals surface area contributed by atoms with Crippen molar-refractivity contribution in [2.75, 3.05) is 0 Å². The van der Waals surface area contributed by atoms with Crippen LogP contribution in [0.2, 0.25) is 5.02 Å². The quantitative estimate of drug-likeness (QED) is 0.399. The Morgan fingerprint density at radius 1 is 1.11 bits per heavy atom. The van der Waals surface area contributed by atoms with Gasteiger partial charge in [0.25, 0.3) is 11.2 Å². The molecule has 0 aliphatic rings. The highest BCUT2D eigenvalue weighted by Gasteiger charge is 2.13. The predicted molar refractivity (Wildman–Crippen MR) is 100 cm³/mol. The van der Waals surface area contributed by atoms with E-state index in [0.29, 0.717) is 28.3 Å². The van der Waals surface area contributed by atoms with Crippen LogP contribution in [-0.2, 0) is 6.54 Å². The average molecular weight is 382 g/mol. The van der Waals surface area contributed by atoms with Crippen LogP contribution in [0.3, 0.4) is 0 Å². The molecule has 8 nitrogen and oxygen atoms in total. The fourth-order valence-corrected chi connectivity index (χ4v) is 2.97. The van der Waals surface area contributed by atoms with Crippen molar-refractivity contribution in [2.45, 2.75) is 6.54 Å². The van der Waals surface area contributed by atoms with E-state index in [1.807, 2.05) is 18.2 Å². The van der Waals surface area contributed by atoms with Gasteiger partial charge in [0.2, 0.25) is 0 Å². The van der Waals surface area contributed by atoms with Gasteiger partial charge in [-0.05, 0) is 23.8 Å². The van der Waals surface area contributed by atoms with E-state index in [1.165, 1.54) is 33.9 Å². The van der Waals surface area contributed by atoms with Gasteiger partial charge in [0.15, 0.2) is 5.65 Å². The summed E-state index contributed by atoms with van der Waals surface area (Å²) in [5.41, 5.74) is 1.50. The van der Waals surface area contributed by atoms with Gasteiger partial charge in [0.05, 0.1) is 23.4 Å². The van der Waals surface area contributed by atoms with E-state index in [1.54, 1.807) is 18.2 Å². The topological polar surface area (TPSA) is 95.8 Å². The lowest BCUT2D eigenvalue weighted by molar-refractivity contribution is -0.384. The molecule has 0 unspecified atom stereocenters. The molecule has 4 aromatic rings. The Morgan fingerprint density at radius 3 is 2.56 bits per heavy atom. The van der Waals surface area contributed by atoms with Crippen LogP contribution in [0.25, 0.3) is 16.7 Å². The van der Waals surface area contributed by atoms with E-state index in [4.69, 9.17) is 11.6 Å². The first kappa shape index (κ1) is 16.9. The summed E-state index contributed by atoms with van der Waals surface area (Å²) >= 11 is 6.16. The molecule has 0 saturated heterocycles. The van der Waals surface area contributed by atoms with Crippen molar-refractivity contribution >= 4 is 28.3 Å². The molecule has 0 amide bonds. The summed E-state index contributed by atoms with van der Waals surface area (Å²) in [5.74, 6) is 0. The number of non-ortho nitro benzene ring substituents is 1. The first-order valence-electron chi connectivity index (χ1n) is 7.96. The molecule has 4 rings (SSSR count). The molecule has 0 fully saturated rings. The van der Waals surface area contributed by atoms with Crippen LogP contribution in [0.1, 0.15) is 5.56 Å². The van der Waals surface area contributed by atoms with Gasteiger partial charge in [-0.1, -0.05) is 29.8 Å². The number of hydrogen-bond donors (Lipinski definition) is 0. The number of nitrogens with zero attached hydrogens (tertiary/aromatic N) is 5. The van der Waals surface area contributed by atoms with Crippen LogP contribution < -0.4 is 5.56 Å². The minimum atomic E-state index is -0.476. The Bertz CT molecular complexity index is 1210. The maximum Gasteiger partial charge on any atom is 0.269 e. The number of rotatable bonds is 4. The van der Waals surface area contributed by atoms with Crippen LogP contribution in [0.15, 0.2) is 65.8 Å². The van der Waals surface area contributed by atoms with Crippen LogP contribution in [-0.4, -0.2) is 24.3 Å². The highest BCUT2D eigenvalue weighted by atomic mass is 35.5. The molecule has 0 radical (unpaired) electrons. The van der Waals surface area contributed by atoms with Gasteiger partial charge in [0, 0.05) is 17.2 Å². The van der Waals surface area contributed by atoms with Gasteiger partial charge in [-0.3, -0.25) is 19.5 Å². The van der Waals surface area contributed by atoms with Crippen LogP contribution in [0.5, 0.6) is 0 Å². The zero-order valence-electron chi connectivity index (χ0n) is 13.8. The zero-order valence-corrected chi connectivity index (χ0v) is 14.6. The third-order valence-corrected chi connectivity index (χ3v) is 4.53.